The van der Waals surface area contributed by atoms with Gasteiger partial charge < -0.3 is 0 Å². The van der Waals surface area contributed by atoms with Gasteiger partial charge in [0.2, 0.25) is 0 Å². The highest BCUT2D eigenvalue weighted by Gasteiger charge is 2.11. The zero-order chi connectivity index (χ0) is 8.85. The van der Waals surface area contributed by atoms with E-state index in [1.54, 1.807) is 0 Å². The van der Waals surface area contributed by atoms with Crippen molar-refractivity contribution >= 4 is 7.28 Å². The summed E-state index contributed by atoms with van der Waals surface area (Å²) in [4.78, 5) is 0. The second kappa shape index (κ2) is 5.45. The summed E-state index contributed by atoms with van der Waals surface area (Å²) in [7, 11) is 1.14. The standard InChI is InChI=1S/C10H21B/c1-6-10(8(2)3)7-9(4)11-5/h8,10-11H,4,6-7H2,1-3,5H3. The molecule has 1 atom stereocenters. The summed E-state index contributed by atoms with van der Waals surface area (Å²) in [5, 5.41) is 0. The molecule has 0 N–H and O–H groups in total. The zero-order valence-corrected chi connectivity index (χ0v) is 8.48. The van der Waals surface area contributed by atoms with Gasteiger partial charge in [-0.15, -0.1) is 12.1 Å². The Hall–Kier alpha value is -0.195. The SMILES string of the molecule is C=C(BC)CC(CC)C(C)C. The molecule has 0 saturated carbocycles. The molecule has 0 amide bonds. The average Bonchev–Trinajstić information content (AvgIpc) is 1.99. The van der Waals surface area contributed by atoms with Crippen LogP contribution in [-0.4, -0.2) is 7.28 Å². The third-order valence-corrected chi connectivity index (χ3v) is 2.52. The fraction of sp³-hybridized carbons (Fsp3) is 0.800. The molecule has 0 aliphatic heterocycles. The van der Waals surface area contributed by atoms with E-state index in [9.17, 15) is 0 Å². The van der Waals surface area contributed by atoms with E-state index in [0.29, 0.717) is 0 Å². The summed E-state index contributed by atoms with van der Waals surface area (Å²) < 4.78 is 0. The van der Waals surface area contributed by atoms with E-state index in [2.05, 4.69) is 34.2 Å². The third-order valence-electron chi connectivity index (χ3n) is 2.52. The Morgan fingerprint density at radius 2 is 2.00 bits per heavy atom. The second-order valence-corrected chi connectivity index (χ2v) is 3.72. The van der Waals surface area contributed by atoms with Crippen LogP contribution in [0.5, 0.6) is 0 Å². The van der Waals surface area contributed by atoms with Crippen LogP contribution in [0.15, 0.2) is 12.1 Å². The highest BCUT2D eigenvalue weighted by atomic mass is 14.1. The van der Waals surface area contributed by atoms with Gasteiger partial charge in [0.25, 0.3) is 0 Å². The predicted molar refractivity (Wildman–Crippen MR) is 55.4 cm³/mol. The maximum Gasteiger partial charge on any atom is 0.148 e. The molecule has 0 saturated heterocycles. The van der Waals surface area contributed by atoms with Crippen LogP contribution in [0.4, 0.5) is 0 Å². The van der Waals surface area contributed by atoms with Crippen molar-refractivity contribution in [1.82, 2.24) is 0 Å². The van der Waals surface area contributed by atoms with Crippen LogP contribution in [0.3, 0.4) is 0 Å². The molecular formula is C10H21B. The molecule has 64 valence electrons. The normalized spacial score (nSPS) is 13.2. The number of allylic oxidation sites excluding steroid dienone is 1. The van der Waals surface area contributed by atoms with Crippen molar-refractivity contribution in [3.8, 4) is 0 Å². The van der Waals surface area contributed by atoms with Gasteiger partial charge in [-0.3, -0.25) is 0 Å². The molecule has 11 heavy (non-hydrogen) atoms. The molecule has 0 fully saturated rings. The maximum absolute atomic E-state index is 4.04. The summed E-state index contributed by atoms with van der Waals surface area (Å²) in [6.45, 7) is 13.1. The molecule has 1 heteroatoms. The fourth-order valence-electron chi connectivity index (χ4n) is 1.37. The summed E-state index contributed by atoms with van der Waals surface area (Å²) >= 11 is 0. The lowest BCUT2D eigenvalue weighted by Gasteiger charge is -2.19. The van der Waals surface area contributed by atoms with Crippen LogP contribution < -0.4 is 0 Å². The zero-order valence-electron chi connectivity index (χ0n) is 8.48. The van der Waals surface area contributed by atoms with Gasteiger partial charge in [-0.1, -0.05) is 34.0 Å². The molecular weight excluding hydrogens is 131 g/mol. The smallest absolute Gasteiger partial charge is 0.113 e. The van der Waals surface area contributed by atoms with Crippen molar-refractivity contribution < 1.29 is 0 Å². The van der Waals surface area contributed by atoms with E-state index in [-0.39, 0.29) is 0 Å². The Morgan fingerprint density at radius 3 is 2.27 bits per heavy atom. The van der Waals surface area contributed by atoms with Gasteiger partial charge in [-0.05, 0) is 18.3 Å². The maximum atomic E-state index is 4.04. The van der Waals surface area contributed by atoms with Gasteiger partial charge in [-0.25, -0.2) is 0 Å². The molecule has 0 aromatic heterocycles. The molecule has 0 nitrogen and oxygen atoms in total. The lowest BCUT2D eigenvalue weighted by Crippen LogP contribution is -2.09. The summed E-state index contributed by atoms with van der Waals surface area (Å²) in [5.41, 5.74) is 1.41. The van der Waals surface area contributed by atoms with E-state index < -0.39 is 0 Å². The van der Waals surface area contributed by atoms with Crippen LogP contribution in [0.1, 0.15) is 33.6 Å². The Kier molecular flexibility index (Phi) is 5.36. The second-order valence-electron chi connectivity index (χ2n) is 3.72. The molecule has 0 bridgehead atoms. The Labute approximate surface area is 72.3 Å². The van der Waals surface area contributed by atoms with Crippen molar-refractivity contribution in [2.45, 2.75) is 40.4 Å². The first-order valence-corrected chi connectivity index (χ1v) is 4.78. The first-order chi connectivity index (χ1) is 5.11. The molecule has 1 unspecified atom stereocenters. The highest BCUT2D eigenvalue weighted by Crippen LogP contribution is 2.21. The molecule has 0 aliphatic rings. The van der Waals surface area contributed by atoms with E-state index in [0.717, 1.165) is 19.1 Å². The van der Waals surface area contributed by atoms with Crippen LogP contribution in [0, 0.1) is 11.8 Å². The quantitative estimate of drug-likeness (QED) is 0.531. The third kappa shape index (κ3) is 4.29. The van der Waals surface area contributed by atoms with E-state index in [1.807, 2.05) is 0 Å². The van der Waals surface area contributed by atoms with Crippen LogP contribution in [0.2, 0.25) is 6.82 Å². The number of rotatable bonds is 5. The fourth-order valence-corrected chi connectivity index (χ4v) is 1.37. The molecule has 0 heterocycles. The molecule has 0 rings (SSSR count). The van der Waals surface area contributed by atoms with Gasteiger partial charge in [-0.2, -0.15) is 0 Å². The van der Waals surface area contributed by atoms with Crippen LogP contribution >= 0.6 is 0 Å². The largest absolute Gasteiger partial charge is 0.148 e. The molecule has 0 spiro atoms. The van der Waals surface area contributed by atoms with Gasteiger partial charge in [0.15, 0.2) is 0 Å². The first-order valence-electron chi connectivity index (χ1n) is 4.78. The lowest BCUT2D eigenvalue weighted by atomic mass is 9.68. The van der Waals surface area contributed by atoms with Gasteiger partial charge in [0.1, 0.15) is 7.28 Å². The topological polar surface area (TPSA) is 0 Å². The molecule has 0 aromatic carbocycles. The number of hydrogen-bond acceptors (Lipinski definition) is 0. The minimum absolute atomic E-state index is 0.809. The Balaban J connectivity index is 3.78. The van der Waals surface area contributed by atoms with E-state index >= 15 is 0 Å². The Bertz CT molecular complexity index is 116. The lowest BCUT2D eigenvalue weighted by molar-refractivity contribution is 0.374. The predicted octanol–water partition coefficient (Wildman–Crippen LogP) is 3.06. The average molecular weight is 152 g/mol. The Morgan fingerprint density at radius 1 is 1.45 bits per heavy atom. The van der Waals surface area contributed by atoms with Gasteiger partial charge in [0.05, 0.1) is 0 Å². The van der Waals surface area contributed by atoms with Crippen LogP contribution in [-0.2, 0) is 0 Å². The molecule has 0 aliphatic carbocycles. The van der Waals surface area contributed by atoms with Gasteiger partial charge >= 0.3 is 0 Å². The molecule has 0 aromatic rings. The van der Waals surface area contributed by atoms with E-state index in [1.165, 1.54) is 18.3 Å². The van der Waals surface area contributed by atoms with Crippen molar-refractivity contribution in [1.29, 1.82) is 0 Å². The van der Waals surface area contributed by atoms with E-state index in [4.69, 9.17) is 0 Å². The molecule has 0 radical (unpaired) electrons. The van der Waals surface area contributed by atoms with Gasteiger partial charge in [0, 0.05) is 0 Å². The highest BCUT2D eigenvalue weighted by molar-refractivity contribution is 6.43. The first kappa shape index (κ1) is 10.8. The summed E-state index contributed by atoms with van der Waals surface area (Å²) in [6, 6.07) is 0. The van der Waals surface area contributed by atoms with Crippen LogP contribution in [0.25, 0.3) is 0 Å². The summed E-state index contributed by atoms with van der Waals surface area (Å²) in [6.07, 6.45) is 2.52. The monoisotopic (exact) mass is 152 g/mol. The van der Waals surface area contributed by atoms with Crippen molar-refractivity contribution in [3.63, 3.8) is 0 Å². The minimum atomic E-state index is 0.809. The van der Waals surface area contributed by atoms with Crippen molar-refractivity contribution in [3.05, 3.63) is 12.1 Å². The van der Waals surface area contributed by atoms with Crippen molar-refractivity contribution in [2.75, 3.05) is 0 Å². The van der Waals surface area contributed by atoms with Crippen molar-refractivity contribution in [2.24, 2.45) is 11.8 Å². The summed E-state index contributed by atoms with van der Waals surface area (Å²) in [5.74, 6) is 1.66. The number of hydrogen-bond donors (Lipinski definition) is 0. The minimum Gasteiger partial charge on any atom is -0.113 e.